The molecule has 0 fully saturated rings. The molecule has 0 radical (unpaired) electrons. The van der Waals surface area contributed by atoms with Gasteiger partial charge in [0.1, 0.15) is 11.3 Å². The van der Waals surface area contributed by atoms with Gasteiger partial charge in [-0.2, -0.15) is 0 Å². The van der Waals surface area contributed by atoms with Crippen molar-refractivity contribution in [2.45, 2.75) is 25.7 Å². The number of hydrogen-bond donors (Lipinski definition) is 1. The minimum Gasteiger partial charge on any atom is -0.511 e. The summed E-state index contributed by atoms with van der Waals surface area (Å²) in [5, 5.41) is 10.3. The van der Waals surface area contributed by atoms with Crippen molar-refractivity contribution in [2.24, 2.45) is 5.92 Å². The second-order valence-corrected chi connectivity index (χ2v) is 4.44. The van der Waals surface area contributed by atoms with Crippen LogP contribution in [-0.2, 0) is 19.0 Å². The minimum atomic E-state index is -0.907. The monoisotopic (exact) mass is 266 g/mol. The lowest BCUT2D eigenvalue weighted by Crippen LogP contribution is -2.40. The quantitative estimate of drug-likeness (QED) is 0.790. The van der Waals surface area contributed by atoms with Crippen molar-refractivity contribution in [3.05, 3.63) is 35.1 Å². The van der Waals surface area contributed by atoms with E-state index < -0.39 is 12.3 Å². The lowest BCUT2D eigenvalue weighted by atomic mass is 9.87. The highest BCUT2D eigenvalue weighted by Crippen LogP contribution is 2.35. The number of hydrogen-bond acceptors (Lipinski definition) is 5. The largest absolute Gasteiger partial charge is 0.511 e. The molecule has 0 amide bonds. The van der Waals surface area contributed by atoms with E-state index in [1.54, 1.807) is 0 Å². The van der Waals surface area contributed by atoms with Crippen LogP contribution in [0.5, 0.6) is 0 Å². The number of carbonyl (C=O) groups is 1. The summed E-state index contributed by atoms with van der Waals surface area (Å²) in [5.41, 5.74) is 1.13. The Labute approximate surface area is 112 Å². The molecule has 0 spiro atoms. The van der Waals surface area contributed by atoms with E-state index in [1.165, 1.54) is 14.2 Å². The summed E-state index contributed by atoms with van der Waals surface area (Å²) in [5.74, 6) is -1.03. The van der Waals surface area contributed by atoms with Crippen molar-refractivity contribution in [3.63, 3.8) is 0 Å². The molecule has 104 valence electrons. The van der Waals surface area contributed by atoms with Gasteiger partial charge in [-0.1, -0.05) is 30.7 Å². The van der Waals surface area contributed by atoms with Gasteiger partial charge in [0.2, 0.25) is 0 Å². The molecule has 0 bridgehead atoms. The molecule has 0 aromatic heterocycles. The topological polar surface area (TPSA) is 65.0 Å². The molecule has 1 heterocycles. The van der Waals surface area contributed by atoms with E-state index in [2.05, 4.69) is 4.74 Å². The van der Waals surface area contributed by atoms with Gasteiger partial charge in [0.05, 0.1) is 19.1 Å². The summed E-state index contributed by atoms with van der Waals surface area (Å²) in [6.07, 6.45) is 5.37. The van der Waals surface area contributed by atoms with Crippen LogP contribution in [0.1, 0.15) is 13.3 Å². The maximum Gasteiger partial charge on any atom is 0.342 e. The predicted molar refractivity (Wildman–Crippen MR) is 68.3 cm³/mol. The highest BCUT2D eigenvalue weighted by molar-refractivity contribution is 5.90. The molecule has 0 saturated carbocycles. The van der Waals surface area contributed by atoms with Crippen LogP contribution in [0.15, 0.2) is 35.1 Å². The van der Waals surface area contributed by atoms with E-state index in [1.807, 2.05) is 25.2 Å². The van der Waals surface area contributed by atoms with E-state index in [4.69, 9.17) is 9.47 Å². The summed E-state index contributed by atoms with van der Waals surface area (Å²) >= 11 is 0. The third-order valence-corrected chi connectivity index (χ3v) is 3.38. The SMILES string of the molecule is CCC1=CC2C(O)=C(C(=O)OC)C(OC)OC2C=C1. The molecular weight excluding hydrogens is 248 g/mol. The number of aliphatic hydroxyl groups is 1. The van der Waals surface area contributed by atoms with Gasteiger partial charge in [-0.3, -0.25) is 0 Å². The molecule has 3 unspecified atom stereocenters. The van der Waals surface area contributed by atoms with Crippen molar-refractivity contribution in [1.29, 1.82) is 0 Å². The van der Waals surface area contributed by atoms with Gasteiger partial charge in [0.15, 0.2) is 6.29 Å². The van der Waals surface area contributed by atoms with Crippen molar-refractivity contribution in [2.75, 3.05) is 14.2 Å². The Morgan fingerprint density at radius 1 is 1.47 bits per heavy atom. The Kier molecular flexibility index (Phi) is 4.07. The first kappa shape index (κ1) is 13.8. The standard InChI is InChI=1S/C14H18O5/c1-4-8-5-6-10-9(7-8)12(15)11(13(16)17-2)14(18-3)19-10/h5-7,9-10,14-15H,4H2,1-3H3. The number of rotatable bonds is 3. The van der Waals surface area contributed by atoms with Crippen LogP contribution in [0, 0.1) is 5.92 Å². The maximum absolute atomic E-state index is 11.7. The number of allylic oxidation sites excluding steroid dienone is 2. The third kappa shape index (κ3) is 2.43. The molecule has 3 atom stereocenters. The Hall–Kier alpha value is -1.59. The zero-order chi connectivity index (χ0) is 14.0. The zero-order valence-corrected chi connectivity index (χ0v) is 11.3. The summed E-state index contributed by atoms with van der Waals surface area (Å²) in [6.45, 7) is 2.03. The molecule has 0 aromatic rings. The second kappa shape index (κ2) is 5.59. The van der Waals surface area contributed by atoms with Crippen LogP contribution in [-0.4, -0.2) is 37.7 Å². The average Bonchev–Trinajstić information content (AvgIpc) is 2.45. The molecule has 1 aliphatic heterocycles. The van der Waals surface area contributed by atoms with E-state index in [9.17, 15) is 9.90 Å². The first-order chi connectivity index (χ1) is 9.12. The summed E-state index contributed by atoms with van der Waals surface area (Å²) in [6, 6.07) is 0. The Bertz CT molecular complexity index is 460. The molecule has 2 rings (SSSR count). The number of carbonyl (C=O) groups excluding carboxylic acids is 1. The minimum absolute atomic E-state index is 0.0354. The van der Waals surface area contributed by atoms with Crippen LogP contribution in [0.25, 0.3) is 0 Å². The molecule has 1 aliphatic carbocycles. The molecular formula is C14H18O5. The fourth-order valence-corrected chi connectivity index (χ4v) is 2.31. The van der Waals surface area contributed by atoms with Crippen LogP contribution < -0.4 is 0 Å². The summed E-state index contributed by atoms with van der Waals surface area (Å²) in [7, 11) is 2.68. The van der Waals surface area contributed by atoms with Crippen LogP contribution in [0.3, 0.4) is 0 Å². The van der Waals surface area contributed by atoms with Crippen LogP contribution in [0.2, 0.25) is 0 Å². The predicted octanol–water partition coefficient (Wildman–Crippen LogP) is 1.87. The van der Waals surface area contributed by atoms with Gasteiger partial charge in [-0.25, -0.2) is 4.79 Å². The van der Waals surface area contributed by atoms with Gasteiger partial charge >= 0.3 is 5.97 Å². The van der Waals surface area contributed by atoms with Crippen molar-refractivity contribution in [1.82, 2.24) is 0 Å². The number of methoxy groups -OCH3 is 2. The van der Waals surface area contributed by atoms with Gasteiger partial charge in [0.25, 0.3) is 0 Å². The number of ether oxygens (including phenoxy) is 3. The van der Waals surface area contributed by atoms with Crippen molar-refractivity contribution < 1.29 is 24.1 Å². The average molecular weight is 266 g/mol. The van der Waals surface area contributed by atoms with Gasteiger partial charge in [0, 0.05) is 7.11 Å². The fraction of sp³-hybridized carbons (Fsp3) is 0.500. The summed E-state index contributed by atoms with van der Waals surface area (Å²) < 4.78 is 15.4. The third-order valence-electron chi connectivity index (χ3n) is 3.38. The first-order valence-electron chi connectivity index (χ1n) is 6.20. The van der Waals surface area contributed by atoms with E-state index in [0.717, 1.165) is 12.0 Å². The number of fused-ring (bicyclic) bond motifs is 1. The molecule has 1 N–H and O–H groups in total. The normalized spacial score (nSPS) is 29.8. The Balaban J connectivity index is 2.42. The Morgan fingerprint density at radius 3 is 2.79 bits per heavy atom. The molecule has 5 nitrogen and oxygen atoms in total. The molecule has 2 aliphatic rings. The highest BCUT2D eigenvalue weighted by Gasteiger charge is 2.40. The van der Waals surface area contributed by atoms with Crippen LogP contribution >= 0.6 is 0 Å². The van der Waals surface area contributed by atoms with Crippen molar-refractivity contribution >= 4 is 5.97 Å². The molecule has 5 heteroatoms. The zero-order valence-electron chi connectivity index (χ0n) is 11.3. The molecule has 0 aromatic carbocycles. The Morgan fingerprint density at radius 2 is 2.21 bits per heavy atom. The van der Waals surface area contributed by atoms with Gasteiger partial charge in [-0.15, -0.1) is 0 Å². The van der Waals surface area contributed by atoms with Gasteiger partial charge in [-0.05, 0) is 6.42 Å². The smallest absolute Gasteiger partial charge is 0.342 e. The van der Waals surface area contributed by atoms with Crippen LogP contribution in [0.4, 0.5) is 0 Å². The maximum atomic E-state index is 11.7. The number of aliphatic hydroxyl groups excluding tert-OH is 1. The van der Waals surface area contributed by atoms with Gasteiger partial charge < -0.3 is 19.3 Å². The summed E-state index contributed by atoms with van der Waals surface area (Å²) in [4.78, 5) is 11.7. The fourth-order valence-electron chi connectivity index (χ4n) is 2.31. The highest BCUT2D eigenvalue weighted by atomic mass is 16.7. The van der Waals surface area contributed by atoms with E-state index in [-0.39, 0.29) is 23.4 Å². The lowest BCUT2D eigenvalue weighted by molar-refractivity contribution is -0.161. The van der Waals surface area contributed by atoms with E-state index in [0.29, 0.717) is 0 Å². The first-order valence-corrected chi connectivity index (χ1v) is 6.20. The second-order valence-electron chi connectivity index (χ2n) is 4.44. The van der Waals surface area contributed by atoms with E-state index >= 15 is 0 Å². The number of esters is 1. The molecule has 0 saturated heterocycles. The van der Waals surface area contributed by atoms with Crippen molar-refractivity contribution in [3.8, 4) is 0 Å². The molecule has 19 heavy (non-hydrogen) atoms. The lowest BCUT2D eigenvalue weighted by Gasteiger charge is -2.35.